The van der Waals surface area contributed by atoms with E-state index in [1.807, 2.05) is 0 Å². The van der Waals surface area contributed by atoms with Crippen LogP contribution in [0.1, 0.15) is 30.8 Å². The first-order valence-corrected chi connectivity index (χ1v) is 6.22. The van der Waals surface area contributed by atoms with Gasteiger partial charge in [0, 0.05) is 12.4 Å². The smallest absolute Gasteiger partial charge is 0.317 e. The molecule has 0 amide bonds. The van der Waals surface area contributed by atoms with E-state index in [0.29, 0.717) is 0 Å². The van der Waals surface area contributed by atoms with Gasteiger partial charge in [-0.2, -0.15) is 0 Å². The van der Waals surface area contributed by atoms with E-state index in [1.54, 1.807) is 13.8 Å². The summed E-state index contributed by atoms with van der Waals surface area (Å²) in [6, 6.07) is 0. The van der Waals surface area contributed by atoms with Crippen LogP contribution in [-0.2, 0) is 19.1 Å². The molecule has 0 saturated heterocycles. The second kappa shape index (κ2) is 7.98. The zero-order chi connectivity index (χ0) is 15.0. The molecule has 7 nitrogen and oxygen atoms in total. The van der Waals surface area contributed by atoms with Crippen LogP contribution in [0.25, 0.3) is 0 Å². The molecule has 0 N–H and O–H groups in total. The van der Waals surface area contributed by atoms with Gasteiger partial charge in [0.1, 0.15) is 11.6 Å². The van der Waals surface area contributed by atoms with Crippen molar-refractivity contribution in [1.82, 2.24) is 9.97 Å². The number of Topliss-reactive ketones (excluding diaryl/α,β-unsaturated/α-hetero) is 1. The summed E-state index contributed by atoms with van der Waals surface area (Å²) < 4.78 is 9.56. The lowest BCUT2D eigenvalue weighted by Crippen LogP contribution is -2.30. The van der Waals surface area contributed by atoms with Gasteiger partial charge in [0.2, 0.25) is 0 Å². The van der Waals surface area contributed by atoms with Crippen LogP contribution in [0.5, 0.6) is 0 Å². The molecule has 0 aliphatic heterocycles. The van der Waals surface area contributed by atoms with Crippen LogP contribution in [0.3, 0.4) is 0 Å². The van der Waals surface area contributed by atoms with Gasteiger partial charge >= 0.3 is 11.9 Å². The molecule has 0 aliphatic rings. The summed E-state index contributed by atoms with van der Waals surface area (Å²) in [6.45, 7) is 3.55. The predicted octanol–water partition coefficient (Wildman–Crippen LogP) is 0.792. The molecule has 0 fully saturated rings. The Morgan fingerprint density at radius 1 is 1.15 bits per heavy atom. The fraction of sp³-hybridized carbons (Fsp3) is 0.462. The number of esters is 2. The molecule has 0 bridgehead atoms. The third kappa shape index (κ3) is 4.42. The third-order valence-electron chi connectivity index (χ3n) is 2.38. The fourth-order valence-corrected chi connectivity index (χ4v) is 1.52. The van der Waals surface area contributed by atoms with Crippen molar-refractivity contribution in [2.75, 3.05) is 13.2 Å². The van der Waals surface area contributed by atoms with Crippen LogP contribution < -0.4 is 0 Å². The van der Waals surface area contributed by atoms with Crippen molar-refractivity contribution in [3.8, 4) is 0 Å². The number of aromatic nitrogens is 2. The van der Waals surface area contributed by atoms with E-state index in [1.165, 1.54) is 18.6 Å². The highest BCUT2D eigenvalue weighted by molar-refractivity contribution is 6.09. The Bertz CT molecular complexity index is 475. The number of hydrogen-bond donors (Lipinski definition) is 0. The molecule has 7 heteroatoms. The number of carbonyl (C=O) groups is 3. The highest BCUT2D eigenvalue weighted by Gasteiger charge is 2.32. The van der Waals surface area contributed by atoms with Gasteiger partial charge in [0.05, 0.1) is 25.8 Å². The first kappa shape index (κ1) is 15.7. The molecule has 1 rings (SSSR count). The molecular formula is C13H16N2O5. The summed E-state index contributed by atoms with van der Waals surface area (Å²) in [6.07, 6.45) is 3.60. The molecule has 1 unspecified atom stereocenters. The van der Waals surface area contributed by atoms with E-state index >= 15 is 0 Å². The Balaban J connectivity index is 2.89. The van der Waals surface area contributed by atoms with Crippen LogP contribution in [0, 0.1) is 5.92 Å². The maximum atomic E-state index is 12.2. The van der Waals surface area contributed by atoms with Gasteiger partial charge in [-0.1, -0.05) is 0 Å². The van der Waals surface area contributed by atoms with E-state index in [0.717, 1.165) is 0 Å². The van der Waals surface area contributed by atoms with E-state index in [-0.39, 0.29) is 25.3 Å². The Kier molecular flexibility index (Phi) is 6.28. The molecule has 0 saturated carbocycles. The van der Waals surface area contributed by atoms with Gasteiger partial charge in [0.15, 0.2) is 5.78 Å². The summed E-state index contributed by atoms with van der Waals surface area (Å²) in [5.74, 6) is -3.27. The molecule has 108 valence electrons. The number of ketones is 1. The average molecular weight is 280 g/mol. The highest BCUT2D eigenvalue weighted by atomic mass is 16.5. The van der Waals surface area contributed by atoms with Crippen LogP contribution in [0.4, 0.5) is 0 Å². The Morgan fingerprint density at radius 2 is 1.85 bits per heavy atom. The maximum absolute atomic E-state index is 12.2. The molecule has 20 heavy (non-hydrogen) atoms. The Labute approximate surface area is 116 Å². The molecule has 0 radical (unpaired) electrons. The largest absolute Gasteiger partial charge is 0.466 e. The Hall–Kier alpha value is -2.31. The molecule has 1 heterocycles. The number of ether oxygens (including phenoxy) is 2. The second-order valence-electron chi connectivity index (χ2n) is 3.77. The van der Waals surface area contributed by atoms with E-state index < -0.39 is 23.6 Å². The predicted molar refractivity (Wildman–Crippen MR) is 67.7 cm³/mol. The summed E-state index contributed by atoms with van der Waals surface area (Å²) in [4.78, 5) is 43.0. The standard InChI is InChI=1S/C13H16N2O5/c1-3-19-11(16)7-9(13(18)20-4-2)12(17)10-8-14-5-6-15-10/h5-6,8-9H,3-4,7H2,1-2H3. The molecule has 1 atom stereocenters. The minimum atomic E-state index is -1.26. The zero-order valence-electron chi connectivity index (χ0n) is 11.4. The molecule has 0 spiro atoms. The van der Waals surface area contributed by atoms with E-state index in [2.05, 4.69) is 9.97 Å². The first-order valence-electron chi connectivity index (χ1n) is 6.22. The van der Waals surface area contributed by atoms with Crippen molar-refractivity contribution < 1.29 is 23.9 Å². The molecule has 0 aliphatic carbocycles. The lowest BCUT2D eigenvalue weighted by molar-refractivity contribution is -0.152. The van der Waals surface area contributed by atoms with Crippen molar-refractivity contribution in [2.45, 2.75) is 20.3 Å². The van der Waals surface area contributed by atoms with E-state index in [9.17, 15) is 14.4 Å². The van der Waals surface area contributed by atoms with Gasteiger partial charge in [-0.25, -0.2) is 4.98 Å². The van der Waals surface area contributed by atoms with Crippen molar-refractivity contribution in [2.24, 2.45) is 5.92 Å². The van der Waals surface area contributed by atoms with Crippen LogP contribution in [0.15, 0.2) is 18.6 Å². The summed E-state index contributed by atoms with van der Waals surface area (Å²) >= 11 is 0. The minimum absolute atomic E-state index is 0.00912. The van der Waals surface area contributed by atoms with Crippen molar-refractivity contribution in [3.63, 3.8) is 0 Å². The average Bonchev–Trinajstić information content (AvgIpc) is 2.45. The van der Waals surface area contributed by atoms with Crippen molar-refractivity contribution in [3.05, 3.63) is 24.3 Å². The quantitative estimate of drug-likeness (QED) is 0.414. The molecular weight excluding hydrogens is 264 g/mol. The van der Waals surface area contributed by atoms with Gasteiger partial charge < -0.3 is 9.47 Å². The zero-order valence-corrected chi connectivity index (χ0v) is 11.4. The lowest BCUT2D eigenvalue weighted by Gasteiger charge is -2.13. The summed E-state index contributed by atoms with van der Waals surface area (Å²) in [5, 5.41) is 0. The van der Waals surface area contributed by atoms with Gasteiger partial charge in [-0.05, 0) is 13.8 Å². The highest BCUT2D eigenvalue weighted by Crippen LogP contribution is 2.13. The number of carbonyl (C=O) groups excluding carboxylic acids is 3. The van der Waals surface area contributed by atoms with Gasteiger partial charge in [-0.3, -0.25) is 19.4 Å². The van der Waals surface area contributed by atoms with Crippen LogP contribution in [-0.4, -0.2) is 40.9 Å². The molecule has 0 aromatic carbocycles. The lowest BCUT2D eigenvalue weighted by atomic mass is 9.98. The normalized spacial score (nSPS) is 11.5. The second-order valence-corrected chi connectivity index (χ2v) is 3.77. The summed E-state index contributed by atoms with van der Waals surface area (Å²) in [5.41, 5.74) is 0.00912. The Morgan fingerprint density at radius 3 is 2.40 bits per heavy atom. The van der Waals surface area contributed by atoms with Crippen molar-refractivity contribution >= 4 is 17.7 Å². The molecule has 1 aromatic heterocycles. The SMILES string of the molecule is CCOC(=O)CC(C(=O)OCC)C(=O)c1cnccn1. The number of rotatable bonds is 7. The van der Waals surface area contributed by atoms with E-state index in [4.69, 9.17) is 9.47 Å². The monoisotopic (exact) mass is 280 g/mol. The van der Waals surface area contributed by atoms with Crippen LogP contribution >= 0.6 is 0 Å². The number of nitrogens with zero attached hydrogens (tertiary/aromatic N) is 2. The first-order chi connectivity index (χ1) is 9.60. The minimum Gasteiger partial charge on any atom is -0.466 e. The number of hydrogen-bond acceptors (Lipinski definition) is 7. The third-order valence-corrected chi connectivity index (χ3v) is 2.38. The maximum Gasteiger partial charge on any atom is 0.317 e. The van der Waals surface area contributed by atoms with Crippen LogP contribution in [0.2, 0.25) is 0 Å². The van der Waals surface area contributed by atoms with Gasteiger partial charge in [0.25, 0.3) is 0 Å². The summed E-state index contributed by atoms with van der Waals surface area (Å²) in [7, 11) is 0. The van der Waals surface area contributed by atoms with Crippen molar-refractivity contribution in [1.29, 1.82) is 0 Å². The topological polar surface area (TPSA) is 95.5 Å². The van der Waals surface area contributed by atoms with Gasteiger partial charge in [-0.15, -0.1) is 0 Å². The fourth-order valence-electron chi connectivity index (χ4n) is 1.52. The molecule has 1 aromatic rings.